The lowest BCUT2D eigenvalue weighted by Gasteiger charge is -2.04. The summed E-state index contributed by atoms with van der Waals surface area (Å²) < 4.78 is 4.14. The standard InChI is InChI=1S/C21H20N3/c22-24-20-14-8-7-13-19(20)23(16-18-11-5-2-6-12-18)21(24)15-17-9-3-1-4-10-17/h1-14H,15-16,22H2/q+1. The second-order valence-electron chi connectivity index (χ2n) is 6.01. The second kappa shape index (κ2) is 6.20. The molecule has 1 heterocycles. The van der Waals surface area contributed by atoms with E-state index in [1.807, 2.05) is 22.9 Å². The van der Waals surface area contributed by atoms with Crippen LogP contribution < -0.4 is 10.4 Å². The first kappa shape index (κ1) is 14.5. The molecule has 1 aromatic heterocycles. The van der Waals surface area contributed by atoms with E-state index >= 15 is 0 Å². The first-order chi connectivity index (χ1) is 11.8. The summed E-state index contributed by atoms with van der Waals surface area (Å²) in [5, 5.41) is 0. The number of aromatic nitrogens is 2. The van der Waals surface area contributed by atoms with Crippen LogP contribution in [0.5, 0.6) is 0 Å². The topological polar surface area (TPSA) is 34.8 Å². The van der Waals surface area contributed by atoms with Crippen molar-refractivity contribution in [2.24, 2.45) is 0 Å². The van der Waals surface area contributed by atoms with Crippen LogP contribution in [0.15, 0.2) is 84.9 Å². The van der Waals surface area contributed by atoms with Gasteiger partial charge in [0.25, 0.3) is 5.82 Å². The number of imidazole rings is 1. The zero-order chi connectivity index (χ0) is 16.4. The van der Waals surface area contributed by atoms with Crippen molar-refractivity contribution < 1.29 is 4.57 Å². The van der Waals surface area contributed by atoms with Gasteiger partial charge in [0, 0.05) is 0 Å². The summed E-state index contributed by atoms with van der Waals surface area (Å²) in [6.45, 7) is 0.813. The Kier molecular flexibility index (Phi) is 3.75. The molecule has 24 heavy (non-hydrogen) atoms. The Morgan fingerprint density at radius 1 is 0.708 bits per heavy atom. The molecular formula is C21H20N3+. The molecule has 3 heteroatoms. The predicted octanol–water partition coefficient (Wildman–Crippen LogP) is 3.28. The molecule has 0 atom stereocenters. The van der Waals surface area contributed by atoms with Gasteiger partial charge in [-0.2, -0.15) is 0 Å². The van der Waals surface area contributed by atoms with E-state index in [2.05, 4.69) is 71.3 Å². The van der Waals surface area contributed by atoms with Gasteiger partial charge in [-0.1, -0.05) is 72.8 Å². The highest BCUT2D eigenvalue weighted by Crippen LogP contribution is 2.15. The smallest absolute Gasteiger partial charge is 0.268 e. The number of rotatable bonds is 4. The van der Waals surface area contributed by atoms with Crippen LogP contribution in [0.2, 0.25) is 0 Å². The SMILES string of the molecule is Nn1c(Cc2ccccc2)[n+](Cc2ccccc2)c2ccccc21. The van der Waals surface area contributed by atoms with Crippen molar-refractivity contribution in [1.29, 1.82) is 0 Å². The Morgan fingerprint density at radius 2 is 1.29 bits per heavy atom. The van der Waals surface area contributed by atoms with Crippen molar-refractivity contribution in [2.45, 2.75) is 13.0 Å². The molecule has 0 saturated carbocycles. The van der Waals surface area contributed by atoms with Gasteiger partial charge in [0.2, 0.25) is 0 Å². The van der Waals surface area contributed by atoms with E-state index in [9.17, 15) is 0 Å². The molecule has 0 spiro atoms. The fourth-order valence-electron chi connectivity index (χ4n) is 3.21. The molecule has 4 aromatic rings. The highest BCUT2D eigenvalue weighted by atomic mass is 15.4. The monoisotopic (exact) mass is 314 g/mol. The van der Waals surface area contributed by atoms with Crippen LogP contribution in [0.1, 0.15) is 17.0 Å². The summed E-state index contributed by atoms with van der Waals surface area (Å²) in [7, 11) is 0. The Labute approximate surface area is 141 Å². The lowest BCUT2D eigenvalue weighted by atomic mass is 10.1. The van der Waals surface area contributed by atoms with E-state index in [0.29, 0.717) is 0 Å². The number of nitrogens with two attached hydrogens (primary N) is 1. The van der Waals surface area contributed by atoms with Crippen molar-refractivity contribution in [3.63, 3.8) is 0 Å². The van der Waals surface area contributed by atoms with E-state index in [4.69, 9.17) is 5.84 Å². The summed E-state index contributed by atoms with van der Waals surface area (Å²) in [5.74, 6) is 7.54. The Morgan fingerprint density at radius 3 is 2.00 bits per heavy atom. The third-order valence-corrected chi connectivity index (χ3v) is 4.41. The van der Waals surface area contributed by atoms with Crippen molar-refractivity contribution in [3.05, 3.63) is 102 Å². The number of para-hydroxylation sites is 2. The molecule has 3 aromatic carbocycles. The highest BCUT2D eigenvalue weighted by Gasteiger charge is 2.23. The third kappa shape index (κ3) is 2.65. The van der Waals surface area contributed by atoms with E-state index in [1.54, 1.807) is 0 Å². The van der Waals surface area contributed by atoms with Crippen molar-refractivity contribution in [3.8, 4) is 0 Å². The van der Waals surface area contributed by atoms with Gasteiger partial charge >= 0.3 is 0 Å². The zero-order valence-corrected chi connectivity index (χ0v) is 13.5. The van der Waals surface area contributed by atoms with Gasteiger partial charge in [0.05, 0.1) is 6.42 Å². The van der Waals surface area contributed by atoms with Crippen LogP contribution in [0, 0.1) is 0 Å². The minimum Gasteiger partial charge on any atom is -0.268 e. The van der Waals surface area contributed by atoms with Gasteiger partial charge in [0.15, 0.2) is 11.0 Å². The molecule has 0 fully saturated rings. The Bertz CT molecular complexity index is 956. The van der Waals surface area contributed by atoms with Crippen LogP contribution in [0.3, 0.4) is 0 Å². The molecule has 0 bridgehead atoms. The number of nitrogens with zero attached hydrogens (tertiary/aromatic N) is 2. The third-order valence-electron chi connectivity index (χ3n) is 4.41. The van der Waals surface area contributed by atoms with E-state index in [0.717, 1.165) is 29.8 Å². The minimum atomic E-state index is 0.804. The van der Waals surface area contributed by atoms with Crippen LogP contribution >= 0.6 is 0 Å². The van der Waals surface area contributed by atoms with Crippen molar-refractivity contribution in [1.82, 2.24) is 4.68 Å². The maximum absolute atomic E-state index is 6.44. The molecule has 0 saturated heterocycles. The molecule has 3 nitrogen and oxygen atoms in total. The summed E-state index contributed by atoms with van der Waals surface area (Å²) >= 11 is 0. The summed E-state index contributed by atoms with van der Waals surface area (Å²) in [6.07, 6.45) is 0.804. The summed E-state index contributed by atoms with van der Waals surface area (Å²) in [4.78, 5) is 0. The Balaban J connectivity index is 1.84. The van der Waals surface area contributed by atoms with Gasteiger partial charge in [-0.25, -0.2) is 4.57 Å². The maximum atomic E-state index is 6.44. The van der Waals surface area contributed by atoms with Gasteiger partial charge in [0.1, 0.15) is 6.54 Å². The normalized spacial score (nSPS) is 11.0. The number of nitrogen functional groups attached to an aromatic ring is 1. The lowest BCUT2D eigenvalue weighted by Crippen LogP contribution is -2.39. The maximum Gasteiger partial charge on any atom is 0.285 e. The molecule has 0 aliphatic heterocycles. The van der Waals surface area contributed by atoms with Gasteiger partial charge in [-0.15, -0.1) is 4.68 Å². The molecule has 0 radical (unpaired) electrons. The first-order valence-electron chi connectivity index (χ1n) is 8.18. The van der Waals surface area contributed by atoms with Crippen LogP contribution in [0.4, 0.5) is 0 Å². The summed E-state index contributed by atoms with van der Waals surface area (Å²) in [6, 6.07) is 29.3. The van der Waals surface area contributed by atoms with Crippen LogP contribution in [-0.2, 0) is 13.0 Å². The summed E-state index contributed by atoms with van der Waals surface area (Å²) in [5.41, 5.74) is 4.75. The van der Waals surface area contributed by atoms with Crippen molar-refractivity contribution >= 4 is 11.0 Å². The Hall–Kier alpha value is -3.07. The number of fused-ring (bicyclic) bond motifs is 1. The number of hydrogen-bond acceptors (Lipinski definition) is 1. The minimum absolute atomic E-state index is 0.804. The number of hydrogen-bond donors (Lipinski definition) is 1. The molecule has 118 valence electrons. The molecule has 0 aliphatic carbocycles. The molecular weight excluding hydrogens is 294 g/mol. The number of benzene rings is 3. The lowest BCUT2D eigenvalue weighted by molar-refractivity contribution is -0.670. The molecule has 0 aliphatic rings. The van der Waals surface area contributed by atoms with E-state index < -0.39 is 0 Å². The quantitative estimate of drug-likeness (QED) is 0.455. The van der Waals surface area contributed by atoms with Gasteiger partial charge in [-0.3, -0.25) is 5.84 Å². The fraction of sp³-hybridized carbons (Fsp3) is 0.0952. The van der Waals surface area contributed by atoms with E-state index in [1.165, 1.54) is 11.1 Å². The van der Waals surface area contributed by atoms with E-state index in [-0.39, 0.29) is 0 Å². The molecule has 4 rings (SSSR count). The van der Waals surface area contributed by atoms with Crippen LogP contribution in [-0.4, -0.2) is 4.68 Å². The largest absolute Gasteiger partial charge is 0.285 e. The average molecular weight is 314 g/mol. The first-order valence-corrected chi connectivity index (χ1v) is 8.18. The van der Waals surface area contributed by atoms with Gasteiger partial charge < -0.3 is 0 Å². The fourth-order valence-corrected chi connectivity index (χ4v) is 3.21. The van der Waals surface area contributed by atoms with Crippen molar-refractivity contribution in [2.75, 3.05) is 5.84 Å². The average Bonchev–Trinajstić information content (AvgIpc) is 2.90. The zero-order valence-electron chi connectivity index (χ0n) is 13.5. The van der Waals surface area contributed by atoms with Gasteiger partial charge in [-0.05, 0) is 23.3 Å². The molecule has 0 amide bonds. The molecule has 0 unspecified atom stereocenters. The predicted molar refractivity (Wildman–Crippen MR) is 97.1 cm³/mol. The van der Waals surface area contributed by atoms with Crippen LogP contribution in [0.25, 0.3) is 11.0 Å². The highest BCUT2D eigenvalue weighted by molar-refractivity contribution is 5.72. The molecule has 2 N–H and O–H groups in total. The second-order valence-corrected chi connectivity index (χ2v) is 6.01.